The van der Waals surface area contributed by atoms with Gasteiger partial charge < -0.3 is 10.0 Å². The molecule has 0 radical (unpaired) electrons. The second-order valence-corrected chi connectivity index (χ2v) is 6.32. The first-order chi connectivity index (χ1) is 8.83. The Kier molecular flexibility index (Phi) is 3.68. The second-order valence-electron chi connectivity index (χ2n) is 6.32. The minimum absolute atomic E-state index is 0.0960. The van der Waals surface area contributed by atoms with E-state index < -0.39 is 11.0 Å². The fourth-order valence-corrected chi connectivity index (χ4v) is 2.77. The van der Waals surface area contributed by atoms with Crippen molar-refractivity contribution in [2.75, 3.05) is 13.1 Å². The van der Waals surface area contributed by atoms with Gasteiger partial charge in [-0.1, -0.05) is 30.3 Å². The zero-order valence-corrected chi connectivity index (χ0v) is 12.0. The topological polar surface area (TPSA) is 40.5 Å². The van der Waals surface area contributed by atoms with Crippen LogP contribution in [0.4, 0.5) is 0 Å². The molecule has 0 aliphatic carbocycles. The lowest BCUT2D eigenvalue weighted by atomic mass is 9.82. The number of rotatable bonds is 2. The van der Waals surface area contributed by atoms with Gasteiger partial charge in [0.25, 0.3) is 0 Å². The maximum absolute atomic E-state index is 12.7. The van der Waals surface area contributed by atoms with Gasteiger partial charge in [-0.05, 0) is 39.2 Å². The standard InChI is InChI=1S/C16H23NO2/c1-15(2,13-8-5-4-6-9-13)14(18)17-11-7-10-16(3,19)12-17/h4-6,8-9,19H,7,10-12H2,1-3H3. The zero-order valence-electron chi connectivity index (χ0n) is 12.0. The van der Waals surface area contributed by atoms with Crippen LogP contribution in [0.3, 0.4) is 0 Å². The number of likely N-dealkylation sites (tertiary alicyclic amines) is 1. The molecule has 2 rings (SSSR count). The molecule has 19 heavy (non-hydrogen) atoms. The summed E-state index contributed by atoms with van der Waals surface area (Å²) < 4.78 is 0. The summed E-state index contributed by atoms with van der Waals surface area (Å²) >= 11 is 0. The molecule has 1 amide bonds. The van der Waals surface area contributed by atoms with Gasteiger partial charge in [0.1, 0.15) is 0 Å². The Labute approximate surface area is 115 Å². The zero-order chi connectivity index (χ0) is 14.1. The van der Waals surface area contributed by atoms with Crippen molar-refractivity contribution in [3.8, 4) is 0 Å². The Morgan fingerprint density at radius 2 is 1.95 bits per heavy atom. The van der Waals surface area contributed by atoms with Crippen LogP contribution in [0.1, 0.15) is 39.2 Å². The third-order valence-corrected chi connectivity index (χ3v) is 3.99. The smallest absolute Gasteiger partial charge is 0.232 e. The summed E-state index contributed by atoms with van der Waals surface area (Å²) in [7, 11) is 0. The van der Waals surface area contributed by atoms with Gasteiger partial charge in [-0.2, -0.15) is 0 Å². The van der Waals surface area contributed by atoms with E-state index in [0.717, 1.165) is 24.9 Å². The van der Waals surface area contributed by atoms with Gasteiger partial charge in [-0.15, -0.1) is 0 Å². The average molecular weight is 261 g/mol. The van der Waals surface area contributed by atoms with Crippen LogP contribution in [-0.4, -0.2) is 34.6 Å². The minimum Gasteiger partial charge on any atom is -0.388 e. The van der Waals surface area contributed by atoms with Gasteiger partial charge in [0.2, 0.25) is 5.91 Å². The maximum atomic E-state index is 12.7. The summed E-state index contributed by atoms with van der Waals surface area (Å²) in [5, 5.41) is 10.1. The van der Waals surface area contributed by atoms with E-state index in [9.17, 15) is 9.90 Å². The molecule has 0 saturated carbocycles. The van der Waals surface area contributed by atoms with Crippen molar-refractivity contribution in [3.05, 3.63) is 35.9 Å². The lowest BCUT2D eigenvalue weighted by molar-refractivity contribution is -0.142. The van der Waals surface area contributed by atoms with Crippen LogP contribution in [0.25, 0.3) is 0 Å². The quantitative estimate of drug-likeness (QED) is 0.887. The van der Waals surface area contributed by atoms with E-state index in [1.807, 2.05) is 51.1 Å². The fraction of sp³-hybridized carbons (Fsp3) is 0.562. The molecule has 3 heteroatoms. The molecule has 1 aromatic carbocycles. The predicted octanol–water partition coefficient (Wildman–Crippen LogP) is 2.34. The number of amides is 1. The Morgan fingerprint density at radius 1 is 1.32 bits per heavy atom. The van der Waals surface area contributed by atoms with E-state index in [1.54, 1.807) is 4.90 Å². The first kappa shape index (κ1) is 14.1. The molecule has 0 spiro atoms. The summed E-state index contributed by atoms with van der Waals surface area (Å²) in [6.45, 7) is 6.89. The number of hydrogen-bond acceptors (Lipinski definition) is 2. The van der Waals surface area contributed by atoms with Crippen LogP contribution in [0.15, 0.2) is 30.3 Å². The third-order valence-electron chi connectivity index (χ3n) is 3.99. The third kappa shape index (κ3) is 2.98. The largest absolute Gasteiger partial charge is 0.388 e. The molecule has 1 N–H and O–H groups in total. The van der Waals surface area contributed by atoms with E-state index in [1.165, 1.54) is 0 Å². The van der Waals surface area contributed by atoms with E-state index in [2.05, 4.69) is 0 Å². The highest BCUT2D eigenvalue weighted by Crippen LogP contribution is 2.29. The number of nitrogens with zero attached hydrogens (tertiary/aromatic N) is 1. The van der Waals surface area contributed by atoms with Crippen molar-refractivity contribution < 1.29 is 9.90 Å². The molecule has 0 aromatic heterocycles. The number of β-amino-alcohol motifs (C(OH)–C–C–N with tert-alkyl or cyclic N) is 1. The summed E-state index contributed by atoms with van der Waals surface area (Å²) in [4.78, 5) is 14.5. The monoisotopic (exact) mass is 261 g/mol. The molecule has 1 unspecified atom stereocenters. The SMILES string of the molecule is CC1(O)CCCN(C(=O)C(C)(C)c2ccccc2)C1. The van der Waals surface area contributed by atoms with Gasteiger partial charge in [-0.3, -0.25) is 4.79 Å². The Bertz CT molecular complexity index is 451. The highest BCUT2D eigenvalue weighted by atomic mass is 16.3. The van der Waals surface area contributed by atoms with Crippen molar-refractivity contribution in [3.63, 3.8) is 0 Å². The van der Waals surface area contributed by atoms with Crippen molar-refractivity contribution in [1.29, 1.82) is 0 Å². The predicted molar refractivity (Wildman–Crippen MR) is 75.9 cm³/mol. The average Bonchev–Trinajstić information content (AvgIpc) is 2.37. The van der Waals surface area contributed by atoms with Crippen LogP contribution < -0.4 is 0 Å². The van der Waals surface area contributed by atoms with Gasteiger partial charge >= 0.3 is 0 Å². The van der Waals surface area contributed by atoms with Gasteiger partial charge in [0, 0.05) is 13.1 Å². The van der Waals surface area contributed by atoms with Crippen molar-refractivity contribution in [2.24, 2.45) is 0 Å². The number of carbonyl (C=O) groups is 1. The lowest BCUT2D eigenvalue weighted by Gasteiger charge is -2.40. The van der Waals surface area contributed by atoms with Gasteiger partial charge in [0.15, 0.2) is 0 Å². The van der Waals surface area contributed by atoms with E-state index in [-0.39, 0.29) is 5.91 Å². The first-order valence-corrected chi connectivity index (χ1v) is 6.90. The van der Waals surface area contributed by atoms with Crippen LogP contribution in [0, 0.1) is 0 Å². The molecular formula is C16H23NO2. The summed E-state index contributed by atoms with van der Waals surface area (Å²) in [6, 6.07) is 9.84. The number of aliphatic hydroxyl groups is 1. The summed E-state index contributed by atoms with van der Waals surface area (Å²) in [5.41, 5.74) is -0.278. The molecular weight excluding hydrogens is 238 g/mol. The van der Waals surface area contributed by atoms with Crippen LogP contribution in [-0.2, 0) is 10.2 Å². The number of benzene rings is 1. The van der Waals surface area contributed by atoms with Crippen LogP contribution >= 0.6 is 0 Å². The highest BCUT2D eigenvalue weighted by molar-refractivity contribution is 5.87. The summed E-state index contributed by atoms with van der Waals surface area (Å²) in [6.07, 6.45) is 1.63. The molecule has 104 valence electrons. The minimum atomic E-state index is -0.749. The van der Waals surface area contributed by atoms with Crippen LogP contribution in [0.2, 0.25) is 0 Å². The fourth-order valence-electron chi connectivity index (χ4n) is 2.77. The number of hydrogen-bond donors (Lipinski definition) is 1. The van der Waals surface area contributed by atoms with Gasteiger partial charge in [-0.25, -0.2) is 0 Å². The normalized spacial score (nSPS) is 24.3. The Hall–Kier alpha value is -1.35. The molecule has 1 aliphatic heterocycles. The van der Waals surface area contributed by atoms with Crippen molar-refractivity contribution in [1.82, 2.24) is 4.90 Å². The molecule has 0 bridgehead atoms. The molecule has 1 heterocycles. The first-order valence-electron chi connectivity index (χ1n) is 6.90. The molecule has 1 aliphatic rings. The lowest BCUT2D eigenvalue weighted by Crippen LogP contribution is -2.53. The number of piperidine rings is 1. The summed E-state index contributed by atoms with van der Waals surface area (Å²) in [5.74, 6) is 0.0960. The van der Waals surface area contributed by atoms with Gasteiger partial charge in [0.05, 0.1) is 11.0 Å². The maximum Gasteiger partial charge on any atom is 0.232 e. The molecule has 1 atom stereocenters. The van der Waals surface area contributed by atoms with E-state index in [4.69, 9.17) is 0 Å². The second kappa shape index (κ2) is 4.97. The Balaban J connectivity index is 2.19. The van der Waals surface area contributed by atoms with Crippen molar-refractivity contribution >= 4 is 5.91 Å². The van der Waals surface area contributed by atoms with Crippen molar-refractivity contribution in [2.45, 2.75) is 44.6 Å². The molecule has 1 aromatic rings. The molecule has 3 nitrogen and oxygen atoms in total. The van der Waals surface area contributed by atoms with Crippen LogP contribution in [0.5, 0.6) is 0 Å². The Morgan fingerprint density at radius 3 is 2.53 bits per heavy atom. The highest BCUT2D eigenvalue weighted by Gasteiger charge is 2.38. The number of carbonyl (C=O) groups excluding carboxylic acids is 1. The molecule has 1 fully saturated rings. The molecule has 1 saturated heterocycles. The van der Waals surface area contributed by atoms with E-state index >= 15 is 0 Å². The van der Waals surface area contributed by atoms with E-state index in [0.29, 0.717) is 6.54 Å².